The minimum absolute atomic E-state index is 0.645. The lowest BCUT2D eigenvalue weighted by molar-refractivity contribution is 1.20. The van der Waals surface area contributed by atoms with E-state index in [-0.39, 0.29) is 0 Å². The molecular formula is C18H13N5. The Balaban J connectivity index is 1.87. The van der Waals surface area contributed by atoms with Crippen molar-refractivity contribution in [1.29, 1.82) is 0 Å². The van der Waals surface area contributed by atoms with Crippen LogP contribution in [0.25, 0.3) is 22.3 Å². The highest BCUT2D eigenvalue weighted by molar-refractivity contribution is 5.91. The Morgan fingerprint density at radius 3 is 2.35 bits per heavy atom. The molecule has 0 aliphatic heterocycles. The summed E-state index contributed by atoms with van der Waals surface area (Å²) in [5, 5.41) is 4.29. The van der Waals surface area contributed by atoms with Crippen LogP contribution in [0.5, 0.6) is 0 Å². The summed E-state index contributed by atoms with van der Waals surface area (Å²) in [4.78, 5) is 17.5. The number of fused-ring (bicyclic) bond motifs is 1. The fourth-order valence-corrected chi connectivity index (χ4v) is 2.36. The monoisotopic (exact) mass is 299 g/mol. The molecular weight excluding hydrogens is 286 g/mol. The van der Waals surface area contributed by atoms with E-state index in [0.717, 1.165) is 28.0 Å². The third-order valence-corrected chi connectivity index (χ3v) is 3.47. The molecule has 1 N–H and O–H groups in total. The van der Waals surface area contributed by atoms with Gasteiger partial charge in [0, 0.05) is 35.2 Å². The lowest BCUT2D eigenvalue weighted by Crippen LogP contribution is -1.99. The number of anilines is 2. The Hall–Kier alpha value is -3.34. The first-order valence-corrected chi connectivity index (χ1v) is 7.24. The zero-order valence-electron chi connectivity index (χ0n) is 12.2. The van der Waals surface area contributed by atoms with Crippen LogP contribution < -0.4 is 5.32 Å². The van der Waals surface area contributed by atoms with Crippen molar-refractivity contribution < 1.29 is 0 Å². The quantitative estimate of drug-likeness (QED) is 0.623. The van der Waals surface area contributed by atoms with Gasteiger partial charge in [-0.15, -0.1) is 0 Å². The van der Waals surface area contributed by atoms with Crippen molar-refractivity contribution >= 4 is 22.4 Å². The Bertz CT molecular complexity index is 939. The van der Waals surface area contributed by atoms with Gasteiger partial charge in [-0.25, -0.2) is 9.97 Å². The van der Waals surface area contributed by atoms with Crippen LogP contribution >= 0.6 is 0 Å². The van der Waals surface area contributed by atoms with Crippen LogP contribution in [0, 0.1) is 0 Å². The van der Waals surface area contributed by atoms with Crippen LogP contribution in [0.4, 0.5) is 11.5 Å². The molecule has 0 saturated carbocycles. The lowest BCUT2D eigenvalue weighted by Gasteiger charge is -2.10. The molecule has 0 spiro atoms. The van der Waals surface area contributed by atoms with Gasteiger partial charge in [0.05, 0.1) is 11.7 Å². The summed E-state index contributed by atoms with van der Waals surface area (Å²) in [7, 11) is 0. The molecule has 5 heteroatoms. The molecule has 0 amide bonds. The van der Waals surface area contributed by atoms with Gasteiger partial charge in [-0.1, -0.05) is 18.2 Å². The molecule has 0 aliphatic carbocycles. The van der Waals surface area contributed by atoms with E-state index in [9.17, 15) is 0 Å². The molecule has 0 saturated heterocycles. The van der Waals surface area contributed by atoms with E-state index in [0.29, 0.717) is 5.82 Å². The Morgan fingerprint density at radius 1 is 0.739 bits per heavy atom. The number of para-hydroxylation sites is 1. The predicted molar refractivity (Wildman–Crippen MR) is 90.3 cm³/mol. The minimum atomic E-state index is 0.645. The van der Waals surface area contributed by atoms with E-state index in [4.69, 9.17) is 0 Å². The normalized spacial score (nSPS) is 10.6. The Morgan fingerprint density at radius 2 is 1.52 bits per heavy atom. The second-order valence-electron chi connectivity index (χ2n) is 5.02. The molecule has 0 aliphatic rings. The van der Waals surface area contributed by atoms with Crippen molar-refractivity contribution in [3.63, 3.8) is 0 Å². The van der Waals surface area contributed by atoms with Gasteiger partial charge in [-0.05, 0) is 30.3 Å². The molecule has 0 atom stereocenters. The number of benzene rings is 1. The number of hydrogen-bond donors (Lipinski definition) is 1. The summed E-state index contributed by atoms with van der Waals surface area (Å²) in [5.74, 6) is 1.40. The zero-order chi connectivity index (χ0) is 15.5. The summed E-state index contributed by atoms with van der Waals surface area (Å²) in [6.07, 6.45) is 6.96. The van der Waals surface area contributed by atoms with Gasteiger partial charge >= 0.3 is 0 Å². The van der Waals surface area contributed by atoms with E-state index >= 15 is 0 Å². The Labute approximate surface area is 133 Å². The summed E-state index contributed by atoms with van der Waals surface area (Å²) >= 11 is 0. The Kier molecular flexibility index (Phi) is 3.37. The molecule has 4 rings (SSSR count). The molecule has 5 nitrogen and oxygen atoms in total. The van der Waals surface area contributed by atoms with Crippen LogP contribution in [-0.4, -0.2) is 19.9 Å². The van der Waals surface area contributed by atoms with Gasteiger partial charge in [-0.3, -0.25) is 9.97 Å². The van der Waals surface area contributed by atoms with Crippen LogP contribution in [-0.2, 0) is 0 Å². The van der Waals surface area contributed by atoms with E-state index < -0.39 is 0 Å². The van der Waals surface area contributed by atoms with E-state index in [1.165, 1.54) is 0 Å². The molecule has 0 radical (unpaired) electrons. The first-order chi connectivity index (χ1) is 11.4. The number of pyridine rings is 2. The molecule has 4 aromatic rings. The van der Waals surface area contributed by atoms with Crippen LogP contribution in [0.3, 0.4) is 0 Å². The van der Waals surface area contributed by atoms with Crippen LogP contribution in [0.2, 0.25) is 0 Å². The summed E-state index contributed by atoms with van der Waals surface area (Å²) in [6.45, 7) is 0. The lowest BCUT2D eigenvalue weighted by atomic mass is 10.2. The first kappa shape index (κ1) is 13.3. The van der Waals surface area contributed by atoms with Crippen molar-refractivity contribution in [3.8, 4) is 11.4 Å². The standard InChI is InChI=1S/C18H13N5/c1-2-4-14(5-3-1)21-18-15-8-11-20-12-16(15)22-17(23-18)13-6-9-19-10-7-13/h1-12H,(H,21,22,23). The summed E-state index contributed by atoms with van der Waals surface area (Å²) in [5.41, 5.74) is 2.69. The molecule has 0 unspecified atom stereocenters. The number of nitrogens with one attached hydrogen (secondary N) is 1. The fraction of sp³-hybridized carbons (Fsp3) is 0. The topological polar surface area (TPSA) is 63.6 Å². The first-order valence-electron chi connectivity index (χ1n) is 7.24. The second-order valence-corrected chi connectivity index (χ2v) is 5.02. The van der Waals surface area contributed by atoms with Crippen molar-refractivity contribution in [2.24, 2.45) is 0 Å². The average molecular weight is 299 g/mol. The highest BCUT2D eigenvalue weighted by atomic mass is 15.0. The van der Waals surface area contributed by atoms with Crippen LogP contribution in [0.15, 0.2) is 73.3 Å². The number of nitrogens with zero attached hydrogens (tertiary/aromatic N) is 4. The molecule has 3 heterocycles. The average Bonchev–Trinajstić information content (AvgIpc) is 2.63. The van der Waals surface area contributed by atoms with E-state index in [2.05, 4.69) is 25.3 Å². The van der Waals surface area contributed by atoms with Crippen molar-refractivity contribution in [2.45, 2.75) is 0 Å². The second kappa shape index (κ2) is 5.81. The van der Waals surface area contributed by atoms with Gasteiger partial charge in [-0.2, -0.15) is 0 Å². The van der Waals surface area contributed by atoms with E-state index in [1.54, 1.807) is 24.8 Å². The zero-order valence-corrected chi connectivity index (χ0v) is 12.2. The maximum Gasteiger partial charge on any atom is 0.162 e. The third kappa shape index (κ3) is 2.72. The number of hydrogen-bond acceptors (Lipinski definition) is 5. The largest absolute Gasteiger partial charge is 0.340 e. The van der Waals surface area contributed by atoms with Gasteiger partial charge in [0.1, 0.15) is 5.82 Å². The van der Waals surface area contributed by atoms with Crippen molar-refractivity contribution in [2.75, 3.05) is 5.32 Å². The number of rotatable bonds is 3. The molecule has 1 aromatic carbocycles. The fourth-order valence-electron chi connectivity index (χ4n) is 2.36. The maximum atomic E-state index is 4.69. The smallest absolute Gasteiger partial charge is 0.162 e. The maximum absolute atomic E-state index is 4.69. The highest BCUT2D eigenvalue weighted by Gasteiger charge is 2.09. The molecule has 0 bridgehead atoms. The summed E-state index contributed by atoms with van der Waals surface area (Å²) in [6, 6.07) is 15.6. The highest BCUT2D eigenvalue weighted by Crippen LogP contribution is 2.26. The van der Waals surface area contributed by atoms with Crippen molar-refractivity contribution in [3.05, 3.63) is 73.3 Å². The van der Waals surface area contributed by atoms with Gasteiger partial charge in [0.15, 0.2) is 5.82 Å². The van der Waals surface area contributed by atoms with Crippen LogP contribution in [0.1, 0.15) is 0 Å². The minimum Gasteiger partial charge on any atom is -0.340 e. The van der Waals surface area contributed by atoms with E-state index in [1.807, 2.05) is 48.5 Å². The molecule has 3 aromatic heterocycles. The van der Waals surface area contributed by atoms with Gasteiger partial charge in [0.25, 0.3) is 0 Å². The molecule has 110 valence electrons. The SMILES string of the molecule is c1ccc(Nc2nc(-c3ccncc3)nc3cnccc23)cc1. The van der Waals surface area contributed by atoms with Gasteiger partial charge < -0.3 is 5.32 Å². The molecule has 0 fully saturated rings. The van der Waals surface area contributed by atoms with Crippen molar-refractivity contribution in [1.82, 2.24) is 19.9 Å². The van der Waals surface area contributed by atoms with Gasteiger partial charge in [0.2, 0.25) is 0 Å². The summed E-state index contributed by atoms with van der Waals surface area (Å²) < 4.78 is 0. The molecule has 23 heavy (non-hydrogen) atoms. The third-order valence-electron chi connectivity index (χ3n) is 3.47. The predicted octanol–water partition coefficient (Wildman–Crippen LogP) is 3.83. The number of aromatic nitrogens is 4.